The van der Waals surface area contributed by atoms with Crippen molar-refractivity contribution in [2.45, 2.75) is 0 Å². The van der Waals surface area contributed by atoms with Gasteiger partial charge in [-0.15, -0.1) is 0 Å². The van der Waals surface area contributed by atoms with Crippen molar-refractivity contribution in [3.05, 3.63) is 55.0 Å². The molecule has 0 atom stereocenters. The normalized spacial score (nSPS) is 16.0. The molecule has 126 valence electrons. The maximum absolute atomic E-state index is 12.6. The van der Waals surface area contributed by atoms with Gasteiger partial charge in [0.15, 0.2) is 0 Å². The molecule has 1 aromatic carbocycles. The first-order chi connectivity index (χ1) is 11.6. The predicted molar refractivity (Wildman–Crippen MR) is 91.5 cm³/mol. The van der Waals surface area contributed by atoms with Gasteiger partial charge in [0.2, 0.25) is 10.3 Å². The van der Waals surface area contributed by atoms with E-state index in [1.807, 2.05) is 0 Å². The Bertz CT molecular complexity index is 919. The fraction of sp³-hybridized carbons (Fsp3) is 0.286. The summed E-state index contributed by atoms with van der Waals surface area (Å²) in [5.74, 6) is 0. The van der Waals surface area contributed by atoms with E-state index in [1.165, 1.54) is 5.01 Å². The van der Waals surface area contributed by atoms with Gasteiger partial charge < -0.3 is 9.94 Å². The summed E-state index contributed by atoms with van der Waals surface area (Å²) in [5.41, 5.74) is 0.0413. The lowest BCUT2D eigenvalue weighted by Gasteiger charge is -2.29. The number of nitrogens with one attached hydrogen (secondary N) is 2. The standard InChI is InChI=1S/C14H14ClN5O3S/c15-10-3-1-9(2-4-10)11-13(21)17-18-14(24)12(16-11)20(22)19-5-7-23-8-6-19/h1-4H,5-8H2,(H,17,21)(H,18,24). The first-order valence-corrected chi connectivity index (χ1v) is 7.97. The molecule has 0 unspecified atom stereocenters. The quantitative estimate of drug-likeness (QED) is 0.459. The van der Waals surface area contributed by atoms with Gasteiger partial charge in [0.25, 0.3) is 0 Å². The van der Waals surface area contributed by atoms with Crippen molar-refractivity contribution in [1.82, 2.24) is 25.0 Å². The number of benzene rings is 1. The molecule has 24 heavy (non-hydrogen) atoms. The maximum atomic E-state index is 12.6. The zero-order chi connectivity index (χ0) is 17.1. The molecular formula is C14H14ClN5O3S. The van der Waals surface area contributed by atoms with Crippen LogP contribution in [0.5, 0.6) is 0 Å². The van der Waals surface area contributed by atoms with E-state index in [0.29, 0.717) is 41.7 Å². The highest BCUT2D eigenvalue weighted by atomic mass is 35.5. The number of H-pyrrole nitrogens is 2. The van der Waals surface area contributed by atoms with Crippen molar-refractivity contribution < 1.29 is 4.74 Å². The highest BCUT2D eigenvalue weighted by Gasteiger charge is 2.17. The Morgan fingerprint density at radius 1 is 1.25 bits per heavy atom. The van der Waals surface area contributed by atoms with E-state index in [-0.39, 0.29) is 15.8 Å². The summed E-state index contributed by atoms with van der Waals surface area (Å²) in [6, 6.07) is 6.58. The number of hydrazine groups is 1. The van der Waals surface area contributed by atoms with Crippen molar-refractivity contribution in [2.24, 2.45) is 0 Å². The molecule has 1 saturated heterocycles. The van der Waals surface area contributed by atoms with E-state index in [0.717, 1.165) is 0 Å². The monoisotopic (exact) mass is 367 g/mol. The molecule has 3 rings (SSSR count). The molecule has 0 spiro atoms. The summed E-state index contributed by atoms with van der Waals surface area (Å²) >= 11 is 11.0. The molecule has 10 heteroatoms. The van der Waals surface area contributed by atoms with Gasteiger partial charge in [-0.05, 0) is 41.5 Å². The number of rotatable bonds is 2. The molecule has 2 N–H and O–H groups in total. The second-order valence-corrected chi connectivity index (χ2v) is 5.88. The fourth-order valence-electron chi connectivity index (χ4n) is 2.24. The first kappa shape index (κ1) is 16.6. The summed E-state index contributed by atoms with van der Waals surface area (Å²) in [7, 11) is 0. The summed E-state index contributed by atoms with van der Waals surface area (Å²) in [5, 5.41) is 19.6. The third-order valence-corrected chi connectivity index (χ3v) is 4.01. The molecule has 0 bridgehead atoms. The van der Waals surface area contributed by atoms with Crippen LogP contribution in [0.2, 0.25) is 5.02 Å². The molecule has 1 aliphatic rings. The van der Waals surface area contributed by atoms with Crippen LogP contribution >= 0.6 is 23.8 Å². The number of nitrogens with zero attached hydrogens (tertiary/aromatic N) is 3. The van der Waals surface area contributed by atoms with Crippen LogP contribution in [-0.2, 0) is 4.74 Å². The summed E-state index contributed by atoms with van der Waals surface area (Å²) in [6.07, 6.45) is 0. The third-order valence-electron chi connectivity index (χ3n) is 3.47. The van der Waals surface area contributed by atoms with E-state index in [4.69, 9.17) is 28.6 Å². The van der Waals surface area contributed by atoms with Gasteiger partial charge in [0.1, 0.15) is 0 Å². The van der Waals surface area contributed by atoms with E-state index in [2.05, 4.69) is 15.2 Å². The Balaban J connectivity index is 2.22. The average molecular weight is 368 g/mol. The molecule has 2 heterocycles. The number of aromatic amines is 2. The Morgan fingerprint density at radius 2 is 1.92 bits per heavy atom. The van der Waals surface area contributed by atoms with Crippen LogP contribution in [0.25, 0.3) is 11.3 Å². The molecule has 0 saturated carbocycles. The summed E-state index contributed by atoms with van der Waals surface area (Å²) in [4.78, 5) is 17.0. The van der Waals surface area contributed by atoms with Gasteiger partial charge in [-0.2, -0.15) is 4.85 Å². The molecule has 0 amide bonds. The van der Waals surface area contributed by atoms with Crippen molar-refractivity contribution in [3.8, 4) is 11.3 Å². The SMILES string of the molecule is O=c1[nH][nH]c(=S)c(=[N+]([O-])N2CCOCC2)nc1-c1ccc(Cl)cc1. The second-order valence-electron chi connectivity index (χ2n) is 5.04. The topological polar surface area (TPSA) is 100 Å². The Labute approximate surface area is 146 Å². The van der Waals surface area contributed by atoms with Gasteiger partial charge in [-0.3, -0.25) is 15.0 Å². The largest absolute Gasteiger partial charge is 0.692 e. The molecule has 1 aliphatic heterocycles. The van der Waals surface area contributed by atoms with Crippen molar-refractivity contribution in [1.29, 1.82) is 0 Å². The second kappa shape index (κ2) is 7.12. The fourth-order valence-corrected chi connectivity index (χ4v) is 2.54. The van der Waals surface area contributed by atoms with Gasteiger partial charge in [0, 0.05) is 10.6 Å². The van der Waals surface area contributed by atoms with Crippen LogP contribution in [-0.4, -0.2) is 46.5 Å². The smallest absolute Gasteiger partial charge is 0.382 e. The van der Waals surface area contributed by atoms with Crippen LogP contribution < -0.4 is 15.9 Å². The Kier molecular flexibility index (Phi) is 4.93. The average Bonchev–Trinajstić information content (AvgIpc) is 2.75. The van der Waals surface area contributed by atoms with E-state index in [1.54, 1.807) is 24.3 Å². The molecule has 0 radical (unpaired) electrons. The molecule has 1 fully saturated rings. The summed E-state index contributed by atoms with van der Waals surface area (Å²) < 4.78 is 5.26. The van der Waals surface area contributed by atoms with Crippen LogP contribution in [0.15, 0.2) is 29.1 Å². The lowest BCUT2D eigenvalue weighted by molar-refractivity contribution is 0.00548. The molecular weight excluding hydrogens is 354 g/mol. The van der Waals surface area contributed by atoms with Crippen LogP contribution in [0.4, 0.5) is 0 Å². The lowest BCUT2D eigenvalue weighted by atomic mass is 10.2. The Morgan fingerprint density at radius 3 is 2.58 bits per heavy atom. The van der Waals surface area contributed by atoms with Crippen LogP contribution in [0.1, 0.15) is 0 Å². The van der Waals surface area contributed by atoms with E-state index in [9.17, 15) is 10.0 Å². The number of hydrogen-bond donors (Lipinski definition) is 2. The minimum Gasteiger partial charge on any atom is -0.692 e. The van der Waals surface area contributed by atoms with Crippen LogP contribution in [0.3, 0.4) is 0 Å². The van der Waals surface area contributed by atoms with E-state index >= 15 is 0 Å². The third kappa shape index (κ3) is 3.48. The zero-order valence-electron chi connectivity index (χ0n) is 12.5. The number of ether oxygens (including phenoxy) is 1. The van der Waals surface area contributed by atoms with Crippen LogP contribution in [0, 0.1) is 9.85 Å². The Hall–Kier alpha value is -2.23. The lowest BCUT2D eigenvalue weighted by Crippen LogP contribution is -2.48. The predicted octanol–water partition coefficient (Wildman–Crippen LogP) is 0.665. The minimum absolute atomic E-state index is 0.0359. The van der Waals surface area contributed by atoms with Gasteiger partial charge in [0.05, 0.1) is 26.3 Å². The maximum Gasteiger partial charge on any atom is 0.382 e. The van der Waals surface area contributed by atoms with E-state index < -0.39 is 5.56 Å². The van der Waals surface area contributed by atoms with Crippen molar-refractivity contribution in [2.75, 3.05) is 26.3 Å². The van der Waals surface area contributed by atoms with Crippen molar-refractivity contribution >= 4 is 23.8 Å². The summed E-state index contributed by atoms with van der Waals surface area (Å²) in [6.45, 7) is 1.72. The van der Waals surface area contributed by atoms with Gasteiger partial charge in [-0.25, -0.2) is 5.01 Å². The minimum atomic E-state index is -0.495. The highest BCUT2D eigenvalue weighted by Crippen LogP contribution is 2.15. The van der Waals surface area contributed by atoms with Gasteiger partial charge in [-0.1, -0.05) is 11.6 Å². The number of halogens is 1. The number of morpholine rings is 1. The highest BCUT2D eigenvalue weighted by molar-refractivity contribution is 7.71. The van der Waals surface area contributed by atoms with Crippen molar-refractivity contribution in [3.63, 3.8) is 0 Å². The molecule has 8 nitrogen and oxygen atoms in total. The molecule has 1 aromatic heterocycles. The zero-order valence-corrected chi connectivity index (χ0v) is 14.1. The number of aromatic nitrogens is 3. The number of hydrogen-bond acceptors (Lipinski definition) is 6. The molecule has 0 aliphatic carbocycles. The first-order valence-electron chi connectivity index (χ1n) is 7.18. The van der Waals surface area contributed by atoms with Gasteiger partial charge >= 0.3 is 11.0 Å². The molecule has 2 aromatic rings.